The average Bonchev–Trinajstić information content (AvgIpc) is 2.54. The molecular formula is C18H29N3O2. The Hall–Kier alpha value is -1.59. The molecule has 5 nitrogen and oxygen atoms in total. The summed E-state index contributed by atoms with van der Waals surface area (Å²) in [5.41, 5.74) is 8.20. The molecule has 0 spiro atoms. The van der Waals surface area contributed by atoms with Gasteiger partial charge in [-0.25, -0.2) is 0 Å². The molecule has 0 unspecified atom stereocenters. The summed E-state index contributed by atoms with van der Waals surface area (Å²) in [6.07, 6.45) is 1.39. The second kappa shape index (κ2) is 8.31. The first-order valence-corrected chi connectivity index (χ1v) is 8.54. The summed E-state index contributed by atoms with van der Waals surface area (Å²) in [4.78, 5) is 14.5. The van der Waals surface area contributed by atoms with E-state index in [-0.39, 0.29) is 17.9 Å². The van der Waals surface area contributed by atoms with Crippen molar-refractivity contribution in [1.29, 1.82) is 0 Å². The average molecular weight is 319 g/mol. The molecular weight excluding hydrogens is 290 g/mol. The lowest BCUT2D eigenvalue weighted by atomic mass is 9.84. The molecule has 0 aliphatic heterocycles. The lowest BCUT2D eigenvalue weighted by molar-refractivity contribution is -0.127. The van der Waals surface area contributed by atoms with Crippen LogP contribution >= 0.6 is 0 Å². The second-order valence-corrected chi connectivity index (χ2v) is 6.45. The highest BCUT2D eigenvalue weighted by atomic mass is 16.3. The Bertz CT molecular complexity index is 521. The Balaban J connectivity index is 1.80. The molecule has 3 atom stereocenters. The van der Waals surface area contributed by atoms with Crippen molar-refractivity contribution in [2.75, 3.05) is 24.5 Å². The monoisotopic (exact) mass is 319 g/mol. The van der Waals surface area contributed by atoms with Gasteiger partial charge in [-0.2, -0.15) is 0 Å². The van der Waals surface area contributed by atoms with Gasteiger partial charge in [0.25, 0.3) is 0 Å². The zero-order valence-corrected chi connectivity index (χ0v) is 14.2. The molecule has 23 heavy (non-hydrogen) atoms. The van der Waals surface area contributed by atoms with Crippen LogP contribution in [-0.2, 0) is 4.79 Å². The van der Waals surface area contributed by atoms with Crippen molar-refractivity contribution in [3.8, 4) is 0 Å². The van der Waals surface area contributed by atoms with Crippen molar-refractivity contribution in [3.05, 3.63) is 29.8 Å². The van der Waals surface area contributed by atoms with Crippen LogP contribution in [0.15, 0.2) is 24.3 Å². The molecule has 2 rings (SSSR count). The molecule has 1 amide bonds. The van der Waals surface area contributed by atoms with E-state index >= 15 is 0 Å². The van der Waals surface area contributed by atoms with Crippen LogP contribution in [0.25, 0.3) is 0 Å². The van der Waals surface area contributed by atoms with Crippen LogP contribution in [0.3, 0.4) is 0 Å². The summed E-state index contributed by atoms with van der Waals surface area (Å²) in [5.74, 6) is -0.0740. The van der Waals surface area contributed by atoms with E-state index in [1.807, 2.05) is 0 Å². The minimum absolute atomic E-state index is 0.0382. The molecule has 0 heterocycles. The van der Waals surface area contributed by atoms with Gasteiger partial charge < -0.3 is 21.1 Å². The van der Waals surface area contributed by atoms with E-state index in [0.717, 1.165) is 19.5 Å². The van der Waals surface area contributed by atoms with E-state index in [9.17, 15) is 9.90 Å². The topological polar surface area (TPSA) is 78.6 Å². The van der Waals surface area contributed by atoms with E-state index in [1.54, 1.807) is 0 Å². The number of nitrogens with one attached hydrogen (secondary N) is 1. The van der Waals surface area contributed by atoms with Crippen molar-refractivity contribution in [2.45, 2.75) is 45.3 Å². The van der Waals surface area contributed by atoms with Gasteiger partial charge in [0, 0.05) is 37.3 Å². The second-order valence-electron chi connectivity index (χ2n) is 6.45. The fourth-order valence-corrected chi connectivity index (χ4v) is 3.16. The highest BCUT2D eigenvalue weighted by Crippen LogP contribution is 2.23. The molecule has 1 aliphatic carbocycles. The van der Waals surface area contributed by atoms with Gasteiger partial charge in [0.2, 0.25) is 5.91 Å². The summed E-state index contributed by atoms with van der Waals surface area (Å²) in [6.45, 7) is 6.48. The maximum atomic E-state index is 12.2. The zero-order chi connectivity index (χ0) is 16.8. The van der Waals surface area contributed by atoms with Crippen molar-refractivity contribution in [1.82, 2.24) is 5.32 Å². The van der Waals surface area contributed by atoms with Crippen LogP contribution in [0.2, 0.25) is 0 Å². The number of amides is 1. The normalized spacial score (nSPS) is 24.3. The van der Waals surface area contributed by atoms with Gasteiger partial charge >= 0.3 is 0 Å². The number of nitrogens with two attached hydrogens (primary N) is 1. The molecule has 1 aliphatic rings. The SMILES string of the molecule is CCN(CCNC(=O)[C@H]1CC[C@H](N)[C@@H](O)C1)c1cccc(C)c1. The Kier molecular flexibility index (Phi) is 6.42. The number of nitrogens with zero attached hydrogens (tertiary/aromatic N) is 1. The predicted octanol–water partition coefficient (Wildman–Crippen LogP) is 1.43. The number of aryl methyl sites for hydroxylation is 1. The number of aliphatic hydroxyl groups excluding tert-OH is 1. The third-order valence-corrected chi connectivity index (χ3v) is 4.67. The Morgan fingerprint density at radius 2 is 2.22 bits per heavy atom. The molecule has 4 N–H and O–H groups in total. The highest BCUT2D eigenvalue weighted by Gasteiger charge is 2.30. The van der Waals surface area contributed by atoms with E-state index in [1.165, 1.54) is 11.3 Å². The van der Waals surface area contributed by atoms with E-state index < -0.39 is 6.10 Å². The first kappa shape index (κ1) is 17.8. The summed E-state index contributed by atoms with van der Waals surface area (Å²) in [5, 5.41) is 12.8. The Morgan fingerprint density at radius 1 is 1.43 bits per heavy atom. The number of likely N-dealkylation sites (N-methyl/N-ethyl adjacent to an activating group) is 1. The molecule has 0 radical (unpaired) electrons. The molecule has 0 aromatic heterocycles. The van der Waals surface area contributed by atoms with E-state index in [4.69, 9.17) is 5.73 Å². The van der Waals surface area contributed by atoms with Crippen LogP contribution < -0.4 is 16.0 Å². The Morgan fingerprint density at radius 3 is 2.87 bits per heavy atom. The number of carbonyl (C=O) groups excluding carboxylic acids is 1. The van der Waals surface area contributed by atoms with Gasteiger partial charge in [0.15, 0.2) is 0 Å². The number of benzene rings is 1. The largest absolute Gasteiger partial charge is 0.391 e. The number of hydrogen-bond donors (Lipinski definition) is 3. The van der Waals surface area contributed by atoms with Gasteiger partial charge in [-0.1, -0.05) is 12.1 Å². The van der Waals surface area contributed by atoms with Gasteiger partial charge in [0.1, 0.15) is 0 Å². The minimum atomic E-state index is -0.557. The number of rotatable bonds is 6. The minimum Gasteiger partial charge on any atom is -0.391 e. The summed E-state index contributed by atoms with van der Waals surface area (Å²) in [7, 11) is 0. The molecule has 1 saturated carbocycles. The smallest absolute Gasteiger partial charge is 0.223 e. The fraction of sp³-hybridized carbons (Fsp3) is 0.611. The maximum absolute atomic E-state index is 12.2. The van der Waals surface area contributed by atoms with Crippen molar-refractivity contribution >= 4 is 11.6 Å². The van der Waals surface area contributed by atoms with E-state index in [2.05, 4.69) is 48.3 Å². The van der Waals surface area contributed by atoms with Crippen LogP contribution in [0.4, 0.5) is 5.69 Å². The predicted molar refractivity (Wildman–Crippen MR) is 93.4 cm³/mol. The van der Waals surface area contributed by atoms with Gasteiger partial charge in [-0.05, 0) is 50.8 Å². The molecule has 5 heteroatoms. The standard InChI is InChI=1S/C18H29N3O2/c1-3-21(15-6-4-5-13(2)11-15)10-9-20-18(23)14-7-8-16(19)17(22)12-14/h4-6,11,14,16-17,22H,3,7-10,12,19H2,1-2H3,(H,20,23)/t14-,16-,17-/m0/s1. The third kappa shape index (κ3) is 4.94. The number of aliphatic hydroxyl groups is 1. The lowest BCUT2D eigenvalue weighted by Gasteiger charge is -2.30. The van der Waals surface area contributed by atoms with Crippen LogP contribution in [0, 0.1) is 12.8 Å². The van der Waals surface area contributed by atoms with Crippen molar-refractivity contribution < 1.29 is 9.90 Å². The summed E-state index contributed by atoms with van der Waals surface area (Å²) < 4.78 is 0. The van der Waals surface area contributed by atoms with Crippen molar-refractivity contribution in [3.63, 3.8) is 0 Å². The van der Waals surface area contributed by atoms with Crippen molar-refractivity contribution in [2.24, 2.45) is 11.7 Å². The molecule has 1 aromatic carbocycles. The summed E-state index contributed by atoms with van der Waals surface area (Å²) >= 11 is 0. The van der Waals surface area contributed by atoms with Gasteiger partial charge in [-0.3, -0.25) is 4.79 Å². The van der Waals surface area contributed by atoms with Gasteiger partial charge in [0.05, 0.1) is 6.10 Å². The maximum Gasteiger partial charge on any atom is 0.223 e. The van der Waals surface area contributed by atoms with E-state index in [0.29, 0.717) is 19.4 Å². The lowest BCUT2D eigenvalue weighted by Crippen LogP contribution is -2.45. The molecule has 0 saturated heterocycles. The third-order valence-electron chi connectivity index (χ3n) is 4.67. The quantitative estimate of drug-likeness (QED) is 0.741. The molecule has 128 valence electrons. The number of carbonyl (C=O) groups is 1. The fourth-order valence-electron chi connectivity index (χ4n) is 3.16. The first-order chi connectivity index (χ1) is 11.0. The number of anilines is 1. The highest BCUT2D eigenvalue weighted by molar-refractivity contribution is 5.78. The zero-order valence-electron chi connectivity index (χ0n) is 14.2. The number of hydrogen-bond acceptors (Lipinski definition) is 4. The van der Waals surface area contributed by atoms with Crippen LogP contribution in [0.5, 0.6) is 0 Å². The summed E-state index contributed by atoms with van der Waals surface area (Å²) in [6, 6.07) is 8.20. The molecule has 0 bridgehead atoms. The van der Waals surface area contributed by atoms with Crippen LogP contribution in [-0.4, -0.2) is 42.8 Å². The van der Waals surface area contributed by atoms with Crippen LogP contribution in [0.1, 0.15) is 31.7 Å². The molecule has 1 fully saturated rings. The molecule has 1 aromatic rings. The Labute approximate surface area is 138 Å². The van der Waals surface area contributed by atoms with Gasteiger partial charge in [-0.15, -0.1) is 0 Å². The first-order valence-electron chi connectivity index (χ1n) is 8.54.